The van der Waals surface area contributed by atoms with Gasteiger partial charge in [0.05, 0.1) is 34.1 Å². The third kappa shape index (κ3) is 4.20. The minimum Gasteiger partial charge on any atom is -0.336 e. The van der Waals surface area contributed by atoms with Crippen LogP contribution in [0.1, 0.15) is 20.8 Å². The summed E-state index contributed by atoms with van der Waals surface area (Å²) in [5, 5.41) is 10.5. The molecule has 0 saturated carbocycles. The number of hydrogen-bond acceptors (Lipinski definition) is 6. The number of nitrogens with zero attached hydrogens (tertiary/aromatic N) is 5. The van der Waals surface area contributed by atoms with Crippen molar-refractivity contribution in [3.8, 4) is 33.9 Å². The molecule has 6 rings (SSSR count). The molecule has 182 valence electrons. The molecule has 5 aromatic heterocycles. The number of nitrogens with one attached hydrogen (secondary N) is 3. The standard InChI is InChI=1S/C28H24N8O/c1-28(2,3)27(37)31-18-13-17(14-30-15-18)20-7-8-22-24(32-20)25(36-35-22)26-33-21-6-4-5-19(23(21)34-26)16-9-11-29-12-10-16/h4-15H,1-3H3,(H,31,37)(H,33,34)(H,35,36). The van der Waals surface area contributed by atoms with E-state index in [-0.39, 0.29) is 5.91 Å². The number of carbonyl (C=O) groups is 1. The van der Waals surface area contributed by atoms with Crippen LogP contribution in [-0.4, -0.2) is 41.0 Å². The Morgan fingerprint density at radius 1 is 0.865 bits per heavy atom. The van der Waals surface area contributed by atoms with Crippen LogP contribution in [0.2, 0.25) is 0 Å². The van der Waals surface area contributed by atoms with Gasteiger partial charge >= 0.3 is 0 Å². The zero-order valence-electron chi connectivity index (χ0n) is 20.6. The second-order valence-corrected chi connectivity index (χ2v) is 9.85. The number of imidazole rings is 1. The number of rotatable bonds is 4. The summed E-state index contributed by atoms with van der Waals surface area (Å²) in [7, 11) is 0. The highest BCUT2D eigenvalue weighted by Crippen LogP contribution is 2.32. The Morgan fingerprint density at radius 3 is 2.51 bits per heavy atom. The van der Waals surface area contributed by atoms with Crippen LogP contribution in [-0.2, 0) is 4.79 Å². The van der Waals surface area contributed by atoms with Crippen molar-refractivity contribution in [2.75, 3.05) is 5.32 Å². The van der Waals surface area contributed by atoms with Crippen molar-refractivity contribution < 1.29 is 4.79 Å². The summed E-state index contributed by atoms with van der Waals surface area (Å²) in [5.74, 6) is 0.541. The molecule has 0 fully saturated rings. The van der Waals surface area contributed by atoms with Gasteiger partial charge in [-0.3, -0.25) is 19.9 Å². The molecule has 0 unspecified atom stereocenters. The number of fused-ring (bicyclic) bond motifs is 2. The normalized spacial score (nSPS) is 11.8. The summed E-state index contributed by atoms with van der Waals surface area (Å²) >= 11 is 0. The van der Waals surface area contributed by atoms with E-state index in [0.717, 1.165) is 33.2 Å². The van der Waals surface area contributed by atoms with Gasteiger partial charge in [-0.25, -0.2) is 9.97 Å². The lowest BCUT2D eigenvalue weighted by Gasteiger charge is -2.17. The van der Waals surface area contributed by atoms with Crippen molar-refractivity contribution in [3.63, 3.8) is 0 Å². The lowest BCUT2D eigenvalue weighted by atomic mass is 9.95. The monoisotopic (exact) mass is 488 g/mol. The molecular formula is C28H24N8O. The van der Waals surface area contributed by atoms with Gasteiger partial charge in [-0.2, -0.15) is 5.10 Å². The van der Waals surface area contributed by atoms with Crippen LogP contribution in [0, 0.1) is 5.41 Å². The van der Waals surface area contributed by atoms with Crippen molar-refractivity contribution in [3.05, 3.63) is 73.3 Å². The minimum absolute atomic E-state index is 0.0806. The quantitative estimate of drug-likeness (QED) is 0.296. The SMILES string of the molecule is CC(C)(C)C(=O)Nc1cncc(-c2ccc3[nH]nc(-c4nc5c(-c6ccncc6)cccc5[nH]4)c3n2)c1. The third-order valence-corrected chi connectivity index (χ3v) is 6.11. The molecule has 37 heavy (non-hydrogen) atoms. The first-order valence-electron chi connectivity index (χ1n) is 11.9. The van der Waals surface area contributed by atoms with Crippen LogP contribution in [0.15, 0.2) is 73.3 Å². The van der Waals surface area contributed by atoms with E-state index in [4.69, 9.17) is 9.97 Å². The molecule has 6 aromatic rings. The van der Waals surface area contributed by atoms with E-state index in [1.54, 1.807) is 24.8 Å². The first-order chi connectivity index (χ1) is 17.9. The number of carbonyl (C=O) groups excluding carboxylic acids is 1. The first-order valence-corrected chi connectivity index (χ1v) is 11.9. The maximum absolute atomic E-state index is 12.4. The van der Waals surface area contributed by atoms with Gasteiger partial charge in [0.1, 0.15) is 5.52 Å². The van der Waals surface area contributed by atoms with E-state index in [1.165, 1.54) is 0 Å². The fraction of sp³-hybridized carbons (Fsp3) is 0.143. The largest absolute Gasteiger partial charge is 0.336 e. The molecule has 0 saturated heterocycles. The Balaban J connectivity index is 1.40. The molecule has 0 aliphatic heterocycles. The van der Waals surface area contributed by atoms with Crippen molar-refractivity contribution in [2.45, 2.75) is 20.8 Å². The van der Waals surface area contributed by atoms with Crippen LogP contribution in [0.25, 0.3) is 56.0 Å². The molecule has 0 atom stereocenters. The van der Waals surface area contributed by atoms with E-state index in [9.17, 15) is 4.79 Å². The van der Waals surface area contributed by atoms with Crippen LogP contribution in [0.3, 0.4) is 0 Å². The van der Waals surface area contributed by atoms with E-state index in [2.05, 4.69) is 30.5 Å². The Morgan fingerprint density at radius 2 is 1.70 bits per heavy atom. The van der Waals surface area contributed by atoms with Gasteiger partial charge in [-0.1, -0.05) is 32.9 Å². The zero-order valence-corrected chi connectivity index (χ0v) is 20.6. The molecule has 5 heterocycles. The van der Waals surface area contributed by atoms with E-state index in [1.807, 2.05) is 69.3 Å². The average Bonchev–Trinajstić information content (AvgIpc) is 3.52. The Hall–Kier alpha value is -4.92. The third-order valence-electron chi connectivity index (χ3n) is 6.11. The van der Waals surface area contributed by atoms with Gasteiger partial charge in [-0.15, -0.1) is 0 Å². The number of hydrogen-bond donors (Lipinski definition) is 3. The molecule has 9 heteroatoms. The highest BCUT2D eigenvalue weighted by Gasteiger charge is 2.22. The fourth-order valence-electron chi connectivity index (χ4n) is 4.10. The predicted molar refractivity (Wildman–Crippen MR) is 144 cm³/mol. The number of para-hydroxylation sites is 1. The summed E-state index contributed by atoms with van der Waals surface area (Å²) in [4.78, 5) is 34.0. The number of anilines is 1. The van der Waals surface area contributed by atoms with E-state index < -0.39 is 5.41 Å². The van der Waals surface area contributed by atoms with Crippen molar-refractivity contribution in [2.24, 2.45) is 5.41 Å². The number of pyridine rings is 3. The number of benzene rings is 1. The Kier molecular flexibility index (Phi) is 5.26. The smallest absolute Gasteiger partial charge is 0.229 e. The highest BCUT2D eigenvalue weighted by atomic mass is 16.2. The summed E-state index contributed by atoms with van der Waals surface area (Å²) in [6.45, 7) is 5.61. The van der Waals surface area contributed by atoms with Crippen LogP contribution < -0.4 is 5.32 Å². The second-order valence-electron chi connectivity index (χ2n) is 9.85. The van der Waals surface area contributed by atoms with Gasteiger partial charge < -0.3 is 10.3 Å². The van der Waals surface area contributed by atoms with Gasteiger partial charge in [0.25, 0.3) is 0 Å². The average molecular weight is 489 g/mol. The molecule has 1 amide bonds. The molecule has 0 aliphatic carbocycles. The molecule has 9 nitrogen and oxygen atoms in total. The molecule has 0 spiro atoms. The van der Waals surface area contributed by atoms with Crippen LogP contribution >= 0.6 is 0 Å². The zero-order chi connectivity index (χ0) is 25.6. The maximum atomic E-state index is 12.4. The van der Waals surface area contributed by atoms with E-state index >= 15 is 0 Å². The highest BCUT2D eigenvalue weighted by molar-refractivity contribution is 5.97. The van der Waals surface area contributed by atoms with Crippen molar-refractivity contribution in [1.29, 1.82) is 0 Å². The second kappa shape index (κ2) is 8.63. The molecule has 0 aliphatic rings. The lowest BCUT2D eigenvalue weighted by molar-refractivity contribution is -0.123. The van der Waals surface area contributed by atoms with Gasteiger partial charge in [-0.05, 0) is 42.0 Å². The van der Waals surface area contributed by atoms with Crippen molar-refractivity contribution >= 4 is 33.7 Å². The summed E-state index contributed by atoms with van der Waals surface area (Å²) < 4.78 is 0. The molecule has 3 N–H and O–H groups in total. The van der Waals surface area contributed by atoms with Gasteiger partial charge in [0, 0.05) is 35.1 Å². The molecule has 0 radical (unpaired) electrons. The molecule has 1 aromatic carbocycles. The minimum atomic E-state index is -0.511. The fourth-order valence-corrected chi connectivity index (χ4v) is 4.10. The molecule has 0 bridgehead atoms. The summed E-state index contributed by atoms with van der Waals surface area (Å²) in [6, 6.07) is 15.7. The Labute approximate surface area is 212 Å². The summed E-state index contributed by atoms with van der Waals surface area (Å²) in [5.41, 5.74) is 7.51. The van der Waals surface area contributed by atoms with Crippen molar-refractivity contribution in [1.82, 2.24) is 35.1 Å². The van der Waals surface area contributed by atoms with Crippen LogP contribution in [0.5, 0.6) is 0 Å². The lowest BCUT2D eigenvalue weighted by Crippen LogP contribution is -2.27. The topological polar surface area (TPSA) is 125 Å². The maximum Gasteiger partial charge on any atom is 0.229 e. The van der Waals surface area contributed by atoms with Gasteiger partial charge in [0.15, 0.2) is 11.5 Å². The number of H-pyrrole nitrogens is 2. The van der Waals surface area contributed by atoms with Gasteiger partial charge in [0.2, 0.25) is 5.91 Å². The van der Waals surface area contributed by atoms with Crippen LogP contribution in [0.4, 0.5) is 5.69 Å². The van der Waals surface area contributed by atoms with E-state index in [0.29, 0.717) is 28.4 Å². The Bertz CT molecular complexity index is 1760. The number of aromatic nitrogens is 7. The number of amides is 1. The molecular weight excluding hydrogens is 464 g/mol. The predicted octanol–water partition coefficient (Wildman–Crippen LogP) is 5.61. The summed E-state index contributed by atoms with van der Waals surface area (Å²) in [6.07, 6.45) is 6.90. The first kappa shape index (κ1) is 22.5. The number of aromatic amines is 2.